The van der Waals surface area contributed by atoms with Crippen LogP contribution >= 0.6 is 12.4 Å². The lowest BCUT2D eigenvalue weighted by Crippen LogP contribution is -2.50. The van der Waals surface area contributed by atoms with Crippen LogP contribution in [0.15, 0.2) is 48.5 Å². The number of hydrogen-bond acceptors (Lipinski definition) is 5. The molecule has 1 aliphatic carbocycles. The molecule has 0 atom stereocenters. The topological polar surface area (TPSA) is 136 Å². The van der Waals surface area contributed by atoms with Crippen molar-refractivity contribution in [1.82, 2.24) is 4.90 Å². The Hall–Kier alpha value is -2.85. The van der Waals surface area contributed by atoms with Crippen LogP contribution in [-0.2, 0) is 4.79 Å². The first-order chi connectivity index (χ1) is 16.6. The molecular weight excluding hydrogens is 498 g/mol. The fourth-order valence-corrected chi connectivity index (χ4v) is 5.15. The summed E-state index contributed by atoms with van der Waals surface area (Å²) in [5, 5.41) is 9.74. The van der Waals surface area contributed by atoms with Crippen molar-refractivity contribution in [3.63, 3.8) is 0 Å². The van der Waals surface area contributed by atoms with Gasteiger partial charge in [-0.1, -0.05) is 43.5 Å². The third-order valence-corrected chi connectivity index (χ3v) is 7.08. The number of para-hydroxylation sites is 3. The fraction of sp³-hybridized carbons (Fsp3) is 0.481. The molecule has 10 heteroatoms. The van der Waals surface area contributed by atoms with E-state index in [1.807, 2.05) is 24.3 Å². The van der Waals surface area contributed by atoms with Gasteiger partial charge in [-0.3, -0.25) is 9.69 Å². The van der Waals surface area contributed by atoms with Crippen LogP contribution < -0.4 is 14.5 Å². The number of piperazine rings is 1. The van der Waals surface area contributed by atoms with Crippen molar-refractivity contribution in [2.24, 2.45) is 5.92 Å². The first-order valence-electron chi connectivity index (χ1n) is 12.3. The number of ether oxygens (including phenoxy) is 1. The van der Waals surface area contributed by atoms with Crippen LogP contribution in [0.4, 0.5) is 11.4 Å². The van der Waals surface area contributed by atoms with Crippen molar-refractivity contribution in [2.75, 3.05) is 56.2 Å². The van der Waals surface area contributed by atoms with Crippen molar-refractivity contribution >= 4 is 35.7 Å². The average Bonchev–Trinajstić information content (AvgIpc) is 2.89. The Bertz CT molecular complexity index is 994. The second-order valence-electron chi connectivity index (χ2n) is 9.15. The Balaban J connectivity index is 0.00000228. The zero-order valence-corrected chi connectivity index (χ0v) is 22.2. The number of hydrogen-bond donors (Lipinski definition) is 1. The largest absolute Gasteiger partial charge is 0.495 e. The van der Waals surface area contributed by atoms with Gasteiger partial charge in [-0.05, 0) is 37.1 Å². The molecule has 0 bridgehead atoms. The van der Waals surface area contributed by atoms with Gasteiger partial charge in [0.2, 0.25) is 5.91 Å². The van der Waals surface area contributed by atoms with Crippen LogP contribution in [0.25, 0.3) is 0 Å². The summed E-state index contributed by atoms with van der Waals surface area (Å²) in [4.78, 5) is 31.9. The molecule has 1 amide bonds. The van der Waals surface area contributed by atoms with Crippen molar-refractivity contribution in [3.8, 4) is 5.75 Å². The van der Waals surface area contributed by atoms with Gasteiger partial charge in [0, 0.05) is 45.2 Å². The van der Waals surface area contributed by atoms with Crippen LogP contribution in [0.5, 0.6) is 5.75 Å². The van der Waals surface area contributed by atoms with E-state index < -0.39 is 5.97 Å². The van der Waals surface area contributed by atoms with Crippen LogP contribution in [0.3, 0.4) is 0 Å². The summed E-state index contributed by atoms with van der Waals surface area (Å²) in [6.45, 7) is 4.72. The number of amides is 1. The maximum Gasteiger partial charge on any atom is 0.337 e. The Morgan fingerprint density at radius 2 is 1.57 bits per heavy atom. The lowest BCUT2D eigenvalue weighted by molar-refractivity contribution is -0.123. The Morgan fingerprint density at radius 1 is 0.946 bits per heavy atom. The Morgan fingerprint density at radius 3 is 2.22 bits per heavy atom. The highest BCUT2D eigenvalue weighted by Gasteiger charge is 2.30. The van der Waals surface area contributed by atoms with Crippen LogP contribution in [0, 0.1) is 5.92 Å². The van der Waals surface area contributed by atoms with Crippen molar-refractivity contribution in [3.05, 3.63) is 54.1 Å². The van der Waals surface area contributed by atoms with E-state index in [9.17, 15) is 14.7 Å². The lowest BCUT2D eigenvalue weighted by Gasteiger charge is -2.38. The predicted octanol–water partition coefficient (Wildman–Crippen LogP) is 2.90. The lowest BCUT2D eigenvalue weighted by atomic mass is 9.88. The number of methoxy groups -OCH3 is 1. The molecule has 1 saturated carbocycles. The molecule has 0 radical (unpaired) electrons. The summed E-state index contributed by atoms with van der Waals surface area (Å²) in [6, 6.07) is 15.0. The van der Waals surface area contributed by atoms with Gasteiger partial charge in [0.05, 0.1) is 24.0 Å². The smallest absolute Gasteiger partial charge is 0.337 e. The highest BCUT2D eigenvalue weighted by Crippen LogP contribution is 2.30. The number of anilines is 2. The van der Waals surface area contributed by atoms with E-state index in [4.69, 9.17) is 4.74 Å². The van der Waals surface area contributed by atoms with Gasteiger partial charge in [0.25, 0.3) is 0 Å². The van der Waals surface area contributed by atoms with Gasteiger partial charge >= 0.3 is 5.97 Å². The third kappa shape index (κ3) is 7.82. The predicted molar refractivity (Wildman–Crippen MR) is 148 cm³/mol. The summed E-state index contributed by atoms with van der Waals surface area (Å²) in [5.41, 5.74) is 1.81. The molecule has 1 saturated heterocycles. The minimum absolute atomic E-state index is 0. The summed E-state index contributed by atoms with van der Waals surface area (Å²) < 4.78 is 5.52. The molecule has 1 aliphatic heterocycles. The first kappa shape index (κ1) is 32.2. The van der Waals surface area contributed by atoms with Crippen molar-refractivity contribution in [1.29, 1.82) is 0 Å². The minimum atomic E-state index is -0.998. The summed E-state index contributed by atoms with van der Waals surface area (Å²) >= 11 is 0. The van der Waals surface area contributed by atoms with Crippen LogP contribution in [-0.4, -0.2) is 79.2 Å². The molecule has 2 aliphatic rings. The van der Waals surface area contributed by atoms with E-state index in [1.54, 1.807) is 30.2 Å². The molecule has 1 heterocycles. The number of nitrogens with zero attached hydrogens (tertiary/aromatic N) is 3. The monoisotopic (exact) mass is 537 g/mol. The second kappa shape index (κ2) is 15.4. The third-order valence-electron chi connectivity index (χ3n) is 7.08. The van der Waals surface area contributed by atoms with E-state index in [1.165, 1.54) is 6.42 Å². The van der Waals surface area contributed by atoms with Crippen LogP contribution in [0.1, 0.15) is 42.5 Å². The summed E-state index contributed by atoms with van der Waals surface area (Å²) in [7, 11) is 1.70. The van der Waals surface area contributed by atoms with Gasteiger partial charge in [0.15, 0.2) is 0 Å². The number of halogens is 1. The van der Waals surface area contributed by atoms with Gasteiger partial charge < -0.3 is 30.6 Å². The number of carbonyl (C=O) groups excluding carboxylic acids is 1. The Kier molecular flexibility index (Phi) is 13.4. The summed E-state index contributed by atoms with van der Waals surface area (Å²) in [5.74, 6) is -0.0630. The number of benzene rings is 2. The van der Waals surface area contributed by atoms with E-state index in [0.717, 1.165) is 63.3 Å². The molecule has 37 heavy (non-hydrogen) atoms. The average molecular weight is 538 g/mol. The number of rotatable bonds is 8. The molecule has 0 aromatic heterocycles. The molecule has 5 N–H and O–H groups in total. The molecule has 9 nitrogen and oxygen atoms in total. The normalized spacial score (nSPS) is 16.0. The number of carbonyl (C=O) groups is 2. The zero-order chi connectivity index (χ0) is 23.9. The van der Waals surface area contributed by atoms with E-state index in [-0.39, 0.29) is 40.7 Å². The van der Waals surface area contributed by atoms with Crippen molar-refractivity contribution in [2.45, 2.75) is 32.1 Å². The van der Waals surface area contributed by atoms with Gasteiger partial charge in [0.1, 0.15) is 5.75 Å². The summed E-state index contributed by atoms with van der Waals surface area (Å²) in [6.07, 6.45) is 5.09. The van der Waals surface area contributed by atoms with Gasteiger partial charge in [-0.15, -0.1) is 12.4 Å². The molecule has 2 aromatic carbocycles. The number of carboxylic acids is 1. The molecule has 0 unspecified atom stereocenters. The van der Waals surface area contributed by atoms with E-state index >= 15 is 0 Å². The number of carboxylic acid groups (broad SMARTS) is 1. The minimum Gasteiger partial charge on any atom is -0.495 e. The fourth-order valence-electron chi connectivity index (χ4n) is 5.15. The standard InChI is InChI=1S/C27H35N3O4.ClH.2H2O/c1-34-25-14-8-7-13-24(25)29-18-15-28(16-19-29)17-20-30(26(31)21-9-3-2-4-10-21)23-12-6-5-11-22(23)27(32)33;;;/h5-8,11-14,21H,2-4,9-10,15-20H2,1H3,(H,32,33);1H;2*1H2. The maximum absolute atomic E-state index is 13.5. The van der Waals surface area contributed by atoms with E-state index in [2.05, 4.69) is 15.9 Å². The first-order valence-corrected chi connectivity index (χ1v) is 12.3. The van der Waals surface area contributed by atoms with Gasteiger partial charge in [-0.25, -0.2) is 4.79 Å². The highest BCUT2D eigenvalue weighted by molar-refractivity contribution is 6.02. The van der Waals surface area contributed by atoms with Crippen molar-refractivity contribution < 1.29 is 30.4 Å². The number of aromatic carboxylic acids is 1. The van der Waals surface area contributed by atoms with Crippen LogP contribution in [0.2, 0.25) is 0 Å². The molecule has 206 valence electrons. The highest BCUT2D eigenvalue weighted by atomic mass is 35.5. The molecule has 2 fully saturated rings. The molecular formula is C27H40ClN3O6. The molecule has 4 rings (SSSR count). The zero-order valence-electron chi connectivity index (χ0n) is 21.4. The quantitative estimate of drug-likeness (QED) is 0.549. The van der Waals surface area contributed by atoms with E-state index in [0.29, 0.717) is 18.8 Å². The molecule has 0 spiro atoms. The van der Waals surface area contributed by atoms with Gasteiger partial charge in [-0.2, -0.15) is 0 Å². The second-order valence-corrected chi connectivity index (χ2v) is 9.15. The maximum atomic E-state index is 13.5. The Labute approximate surface area is 225 Å². The molecule has 2 aromatic rings. The SMILES string of the molecule is COc1ccccc1N1CCN(CCN(C(=O)C2CCCCC2)c2ccccc2C(=O)O)CC1.Cl.O.O.